The molecule has 4 amide bonds. The van der Waals surface area contributed by atoms with Crippen LogP contribution in [0.4, 0.5) is 16.2 Å². The number of carbonyl (C=O) groups excluding carboxylic acids is 3. The van der Waals surface area contributed by atoms with E-state index in [-0.39, 0.29) is 18.0 Å². The molecule has 0 aliphatic carbocycles. The molecule has 1 aliphatic rings. The highest BCUT2D eigenvalue weighted by Gasteiger charge is 2.35. The summed E-state index contributed by atoms with van der Waals surface area (Å²) in [4.78, 5) is 49.1. The third-order valence-electron chi connectivity index (χ3n) is 5.74. The number of nitro benzene ring substituents is 1. The Labute approximate surface area is 236 Å². The third kappa shape index (κ3) is 6.38. The number of non-ortho nitro benzene ring substituents is 1. The summed E-state index contributed by atoms with van der Waals surface area (Å²) >= 11 is 3.44. The second-order valence-corrected chi connectivity index (χ2v) is 9.23. The van der Waals surface area contributed by atoms with E-state index in [9.17, 15) is 24.5 Å². The van der Waals surface area contributed by atoms with E-state index >= 15 is 0 Å². The number of anilines is 1. The molecule has 3 aromatic rings. The average Bonchev–Trinajstić information content (AvgIpc) is 3.19. The van der Waals surface area contributed by atoms with Crippen molar-refractivity contribution < 1.29 is 33.5 Å². The molecule has 4 rings (SSSR count). The number of carbonyl (C=O) groups is 3. The van der Waals surface area contributed by atoms with E-state index < -0.39 is 29.3 Å². The predicted molar refractivity (Wildman–Crippen MR) is 148 cm³/mol. The van der Waals surface area contributed by atoms with Gasteiger partial charge in [0, 0.05) is 12.1 Å². The van der Waals surface area contributed by atoms with Crippen LogP contribution in [0.5, 0.6) is 17.2 Å². The zero-order chi connectivity index (χ0) is 28.8. The molecule has 40 heavy (non-hydrogen) atoms. The number of nitro groups is 1. The Morgan fingerprint density at radius 3 is 2.45 bits per heavy atom. The first-order valence-electron chi connectivity index (χ1n) is 11.7. The van der Waals surface area contributed by atoms with E-state index in [1.807, 2.05) is 0 Å². The molecule has 12 nitrogen and oxygen atoms in total. The van der Waals surface area contributed by atoms with Crippen molar-refractivity contribution in [1.82, 2.24) is 10.2 Å². The molecule has 0 aromatic heterocycles. The number of urea groups is 1. The highest BCUT2D eigenvalue weighted by molar-refractivity contribution is 9.10. The van der Waals surface area contributed by atoms with E-state index in [4.69, 9.17) is 14.2 Å². The molecule has 0 bridgehead atoms. The molecule has 3 aromatic carbocycles. The van der Waals surface area contributed by atoms with Crippen molar-refractivity contribution >= 4 is 51.2 Å². The van der Waals surface area contributed by atoms with Crippen LogP contribution < -0.4 is 24.8 Å². The first-order chi connectivity index (χ1) is 19.2. The van der Waals surface area contributed by atoms with Gasteiger partial charge in [-0.2, -0.15) is 0 Å². The summed E-state index contributed by atoms with van der Waals surface area (Å²) in [6, 6.07) is 15.3. The Bertz CT molecular complexity index is 1510. The maximum absolute atomic E-state index is 12.9. The summed E-state index contributed by atoms with van der Waals surface area (Å²) in [6.07, 6.45) is 1.45. The quantitative estimate of drug-likeness (QED) is 0.148. The van der Waals surface area contributed by atoms with Crippen molar-refractivity contribution in [2.75, 3.05) is 26.1 Å². The van der Waals surface area contributed by atoms with Gasteiger partial charge in [-0.05, 0) is 69.5 Å². The summed E-state index contributed by atoms with van der Waals surface area (Å²) in [5.74, 6) is -0.0948. The van der Waals surface area contributed by atoms with Gasteiger partial charge in [0.2, 0.25) is 5.91 Å². The summed E-state index contributed by atoms with van der Waals surface area (Å²) in [5, 5.41) is 16.0. The third-order valence-corrected chi connectivity index (χ3v) is 6.33. The molecule has 1 aliphatic heterocycles. The van der Waals surface area contributed by atoms with E-state index in [1.54, 1.807) is 48.5 Å². The minimum absolute atomic E-state index is 0.0240. The average molecular weight is 611 g/mol. The first kappa shape index (κ1) is 28.1. The van der Waals surface area contributed by atoms with E-state index in [2.05, 4.69) is 26.6 Å². The second kappa shape index (κ2) is 12.3. The molecule has 0 atom stereocenters. The topological polar surface area (TPSA) is 149 Å². The maximum Gasteiger partial charge on any atom is 0.329 e. The van der Waals surface area contributed by atoms with Crippen LogP contribution in [0.2, 0.25) is 0 Å². The van der Waals surface area contributed by atoms with Gasteiger partial charge in [0.25, 0.3) is 11.6 Å². The van der Waals surface area contributed by atoms with Crippen LogP contribution >= 0.6 is 15.9 Å². The number of nitrogens with zero attached hydrogens (tertiary/aromatic N) is 2. The SMILES string of the molecule is COc1ccccc1NC(=O)CN1C(=O)N/C(=C/c2cc(Br)c(OCc3ccc([N+](=O)[O-])cc3)c(OC)c2)C1=O. The van der Waals surface area contributed by atoms with Gasteiger partial charge in [-0.3, -0.25) is 19.7 Å². The van der Waals surface area contributed by atoms with Gasteiger partial charge in [0.05, 0.1) is 29.3 Å². The number of rotatable bonds is 10. The zero-order valence-electron chi connectivity index (χ0n) is 21.3. The number of benzene rings is 3. The lowest BCUT2D eigenvalue weighted by atomic mass is 10.1. The van der Waals surface area contributed by atoms with Crippen LogP contribution in [0.15, 0.2) is 70.8 Å². The number of hydrogen-bond acceptors (Lipinski definition) is 8. The molecule has 1 heterocycles. The monoisotopic (exact) mass is 610 g/mol. The van der Waals surface area contributed by atoms with Gasteiger partial charge >= 0.3 is 6.03 Å². The normalized spacial score (nSPS) is 13.7. The smallest absolute Gasteiger partial charge is 0.329 e. The summed E-state index contributed by atoms with van der Waals surface area (Å²) in [5.41, 5.74) is 1.58. The number of halogens is 1. The fourth-order valence-corrected chi connectivity index (χ4v) is 4.37. The fraction of sp³-hybridized carbons (Fsp3) is 0.148. The lowest BCUT2D eigenvalue weighted by Crippen LogP contribution is -2.38. The number of methoxy groups -OCH3 is 2. The highest BCUT2D eigenvalue weighted by atomic mass is 79.9. The predicted octanol–water partition coefficient (Wildman–Crippen LogP) is 4.48. The molecule has 206 valence electrons. The van der Waals surface area contributed by atoms with Crippen LogP contribution in [-0.2, 0) is 16.2 Å². The molecule has 1 saturated heterocycles. The van der Waals surface area contributed by atoms with E-state index in [0.29, 0.717) is 38.5 Å². The largest absolute Gasteiger partial charge is 0.495 e. The molecule has 0 unspecified atom stereocenters. The van der Waals surface area contributed by atoms with Crippen LogP contribution in [0, 0.1) is 10.1 Å². The molecule has 0 spiro atoms. The Morgan fingerprint density at radius 2 is 1.77 bits per heavy atom. The number of nitrogens with one attached hydrogen (secondary N) is 2. The maximum atomic E-state index is 12.9. The van der Waals surface area contributed by atoms with Crippen LogP contribution in [-0.4, -0.2) is 48.4 Å². The van der Waals surface area contributed by atoms with Crippen LogP contribution in [0.25, 0.3) is 6.08 Å². The van der Waals surface area contributed by atoms with Crippen molar-refractivity contribution in [2.45, 2.75) is 6.61 Å². The van der Waals surface area contributed by atoms with Gasteiger partial charge in [-0.25, -0.2) is 9.69 Å². The number of amides is 4. The summed E-state index contributed by atoms with van der Waals surface area (Å²) in [7, 11) is 2.91. The highest BCUT2D eigenvalue weighted by Crippen LogP contribution is 2.38. The van der Waals surface area contributed by atoms with Gasteiger partial charge in [0.15, 0.2) is 11.5 Å². The molecule has 13 heteroatoms. The number of ether oxygens (including phenoxy) is 3. The Morgan fingerprint density at radius 1 is 1.07 bits per heavy atom. The van der Waals surface area contributed by atoms with Gasteiger partial charge in [-0.1, -0.05) is 12.1 Å². The van der Waals surface area contributed by atoms with Crippen LogP contribution in [0.1, 0.15) is 11.1 Å². The van der Waals surface area contributed by atoms with Crippen LogP contribution in [0.3, 0.4) is 0 Å². The second-order valence-electron chi connectivity index (χ2n) is 8.37. The number of hydrogen-bond donors (Lipinski definition) is 2. The van der Waals surface area contributed by atoms with E-state index in [0.717, 1.165) is 4.90 Å². The van der Waals surface area contributed by atoms with Gasteiger partial charge < -0.3 is 24.8 Å². The van der Waals surface area contributed by atoms with Gasteiger partial charge in [0.1, 0.15) is 24.6 Å². The number of para-hydroxylation sites is 2. The molecular formula is C27H23BrN4O8. The Balaban J connectivity index is 1.46. The summed E-state index contributed by atoms with van der Waals surface area (Å²) < 4.78 is 17.0. The minimum Gasteiger partial charge on any atom is -0.495 e. The molecule has 2 N–H and O–H groups in total. The van der Waals surface area contributed by atoms with Crippen molar-refractivity contribution in [1.29, 1.82) is 0 Å². The lowest BCUT2D eigenvalue weighted by molar-refractivity contribution is -0.384. The summed E-state index contributed by atoms with van der Waals surface area (Å²) in [6.45, 7) is -0.379. The standard InChI is InChI=1S/C27H23BrN4O8/c1-38-22-6-4-3-5-20(22)29-24(33)14-31-26(34)21(30-27(31)35)12-17-11-19(28)25(23(13-17)39-2)40-15-16-7-9-18(10-8-16)32(36)37/h3-13H,14-15H2,1-2H3,(H,29,33)(H,30,35)/b21-12+. The zero-order valence-corrected chi connectivity index (χ0v) is 22.9. The minimum atomic E-state index is -0.736. The molecular weight excluding hydrogens is 588 g/mol. The van der Waals surface area contributed by atoms with Crippen molar-refractivity contribution in [3.63, 3.8) is 0 Å². The van der Waals surface area contributed by atoms with Crippen molar-refractivity contribution in [3.8, 4) is 17.2 Å². The molecule has 0 saturated carbocycles. The molecule has 0 radical (unpaired) electrons. The fourth-order valence-electron chi connectivity index (χ4n) is 3.80. The lowest BCUT2D eigenvalue weighted by Gasteiger charge is -2.14. The first-order valence-corrected chi connectivity index (χ1v) is 12.5. The Hall–Kier alpha value is -4.91. The molecule has 1 fully saturated rings. The number of imide groups is 1. The van der Waals surface area contributed by atoms with Gasteiger partial charge in [-0.15, -0.1) is 0 Å². The Kier molecular flexibility index (Phi) is 8.64. The van der Waals surface area contributed by atoms with Crippen molar-refractivity contribution in [2.24, 2.45) is 0 Å². The van der Waals surface area contributed by atoms with E-state index in [1.165, 1.54) is 32.4 Å². The van der Waals surface area contributed by atoms with Crippen molar-refractivity contribution in [3.05, 3.63) is 92.1 Å².